The van der Waals surface area contributed by atoms with Gasteiger partial charge in [0.25, 0.3) is 0 Å². The van der Waals surface area contributed by atoms with Crippen LogP contribution in [0.3, 0.4) is 0 Å². The first-order chi connectivity index (χ1) is 7.84. The predicted molar refractivity (Wildman–Crippen MR) is 72.1 cm³/mol. The van der Waals surface area contributed by atoms with Crippen molar-refractivity contribution >= 4 is 11.6 Å². The molecular weight excluding hydrogens is 236 g/mol. The van der Waals surface area contributed by atoms with Crippen molar-refractivity contribution < 1.29 is 9.84 Å². The summed E-state index contributed by atoms with van der Waals surface area (Å²) in [5.74, 6) is 1.03. The van der Waals surface area contributed by atoms with Gasteiger partial charge in [-0.2, -0.15) is 0 Å². The predicted octanol–water partition coefficient (Wildman–Crippen LogP) is 3.27. The molecule has 0 radical (unpaired) electrons. The van der Waals surface area contributed by atoms with Crippen LogP contribution >= 0.6 is 11.6 Å². The Kier molecular flexibility index (Phi) is 4.84. The summed E-state index contributed by atoms with van der Waals surface area (Å²) in [5.41, 5.74) is 2.31. The number of ether oxygens (including phenoxy) is 1. The second kappa shape index (κ2) is 5.74. The fraction of sp³-hybridized carbons (Fsp3) is 0.571. The van der Waals surface area contributed by atoms with E-state index in [0.29, 0.717) is 0 Å². The molecule has 0 heterocycles. The smallest absolute Gasteiger partial charge is 0.123 e. The Labute approximate surface area is 109 Å². The summed E-state index contributed by atoms with van der Waals surface area (Å²) in [5, 5.41) is 9.43. The zero-order valence-corrected chi connectivity index (χ0v) is 11.7. The van der Waals surface area contributed by atoms with Crippen molar-refractivity contribution in [3.63, 3.8) is 0 Å². The van der Waals surface area contributed by atoms with Crippen molar-refractivity contribution in [2.75, 3.05) is 12.5 Å². The van der Waals surface area contributed by atoms with Gasteiger partial charge in [-0.3, -0.25) is 0 Å². The molecule has 96 valence electrons. The molecule has 1 aromatic carbocycles. The monoisotopic (exact) mass is 256 g/mol. The number of rotatable bonds is 4. The van der Waals surface area contributed by atoms with Gasteiger partial charge in [0.2, 0.25) is 0 Å². The van der Waals surface area contributed by atoms with Crippen molar-refractivity contribution in [2.24, 2.45) is 0 Å². The molecule has 1 N–H and O–H groups in total. The van der Waals surface area contributed by atoms with Crippen LogP contribution in [0.5, 0.6) is 5.75 Å². The van der Waals surface area contributed by atoms with Crippen molar-refractivity contribution in [1.29, 1.82) is 0 Å². The summed E-state index contributed by atoms with van der Waals surface area (Å²) in [6.45, 7) is 8.68. The molecule has 17 heavy (non-hydrogen) atoms. The maximum absolute atomic E-state index is 9.43. The lowest BCUT2D eigenvalue weighted by Gasteiger charge is -2.23. The molecule has 1 unspecified atom stereocenters. The molecule has 0 aliphatic rings. The quantitative estimate of drug-likeness (QED) is 0.838. The van der Waals surface area contributed by atoms with E-state index in [1.165, 1.54) is 0 Å². The number of hydrogen-bond acceptors (Lipinski definition) is 2. The molecule has 0 fully saturated rings. The maximum atomic E-state index is 9.43. The fourth-order valence-corrected chi connectivity index (χ4v) is 1.69. The highest BCUT2D eigenvalue weighted by Gasteiger charge is 2.19. The van der Waals surface area contributed by atoms with Gasteiger partial charge in [0, 0.05) is 0 Å². The van der Waals surface area contributed by atoms with Gasteiger partial charge in [-0.15, -0.1) is 11.6 Å². The Morgan fingerprint density at radius 3 is 2.53 bits per heavy atom. The number of benzene rings is 1. The summed E-state index contributed by atoms with van der Waals surface area (Å²) in [6, 6.07) is 6.16. The molecule has 0 aliphatic carbocycles. The minimum Gasteiger partial charge on any atom is -0.491 e. The molecule has 1 rings (SSSR count). The van der Waals surface area contributed by atoms with E-state index >= 15 is 0 Å². The molecule has 0 saturated carbocycles. The summed E-state index contributed by atoms with van der Waals surface area (Å²) in [6.07, 6.45) is -0.620. The molecule has 0 bridgehead atoms. The van der Waals surface area contributed by atoms with Crippen LogP contribution in [0.2, 0.25) is 0 Å². The van der Waals surface area contributed by atoms with Gasteiger partial charge in [-0.25, -0.2) is 0 Å². The highest BCUT2D eigenvalue weighted by molar-refractivity contribution is 6.18. The highest BCUT2D eigenvalue weighted by Crippen LogP contribution is 2.32. The molecular formula is C14H21ClO2. The van der Waals surface area contributed by atoms with Crippen LogP contribution in [0.25, 0.3) is 0 Å². The van der Waals surface area contributed by atoms with E-state index in [4.69, 9.17) is 16.3 Å². The number of aliphatic hydroxyl groups excluding tert-OH is 1. The van der Waals surface area contributed by atoms with E-state index in [0.717, 1.165) is 16.9 Å². The topological polar surface area (TPSA) is 29.5 Å². The van der Waals surface area contributed by atoms with Gasteiger partial charge < -0.3 is 9.84 Å². The lowest BCUT2D eigenvalue weighted by Crippen LogP contribution is -2.21. The molecule has 0 amide bonds. The molecule has 3 heteroatoms. The lowest BCUT2D eigenvalue weighted by molar-refractivity contribution is 0.124. The Bertz CT molecular complexity index is 369. The molecule has 0 aliphatic heterocycles. The molecule has 0 spiro atoms. The average Bonchev–Trinajstić information content (AvgIpc) is 2.24. The third-order valence-electron chi connectivity index (χ3n) is 2.55. The second-order valence-corrected chi connectivity index (χ2v) is 5.68. The third kappa shape index (κ3) is 4.21. The standard InChI is InChI=1S/C14H21ClO2/c1-10-5-6-12(14(2,3)4)13(7-10)17-9-11(16)8-15/h5-7,11,16H,8-9H2,1-4H3. The molecule has 1 aromatic rings. The van der Waals surface area contributed by atoms with Gasteiger partial charge >= 0.3 is 0 Å². The number of alkyl halides is 1. The van der Waals surface area contributed by atoms with Gasteiger partial charge in [0.1, 0.15) is 18.5 Å². The van der Waals surface area contributed by atoms with Crippen molar-refractivity contribution in [3.8, 4) is 5.75 Å². The van der Waals surface area contributed by atoms with Gasteiger partial charge in [0.05, 0.1) is 5.88 Å². The van der Waals surface area contributed by atoms with E-state index in [2.05, 4.69) is 32.9 Å². The van der Waals surface area contributed by atoms with Crippen LogP contribution in [0.15, 0.2) is 18.2 Å². The number of aliphatic hydroxyl groups is 1. The first-order valence-electron chi connectivity index (χ1n) is 5.82. The normalized spacial score (nSPS) is 13.5. The molecule has 0 saturated heterocycles. The largest absolute Gasteiger partial charge is 0.491 e. The van der Waals surface area contributed by atoms with E-state index in [9.17, 15) is 5.11 Å². The van der Waals surface area contributed by atoms with Crippen LogP contribution in [-0.4, -0.2) is 23.7 Å². The summed E-state index contributed by atoms with van der Waals surface area (Å²) in [7, 11) is 0. The van der Waals surface area contributed by atoms with Gasteiger partial charge in [0.15, 0.2) is 0 Å². The number of aryl methyl sites for hydroxylation is 1. The Hall–Kier alpha value is -0.730. The minimum absolute atomic E-state index is 0.0228. The van der Waals surface area contributed by atoms with Crippen LogP contribution in [0, 0.1) is 6.92 Å². The zero-order valence-electron chi connectivity index (χ0n) is 11.0. The first-order valence-corrected chi connectivity index (χ1v) is 6.36. The summed E-state index contributed by atoms with van der Waals surface area (Å²) < 4.78 is 5.66. The van der Waals surface area contributed by atoms with E-state index in [1.54, 1.807) is 0 Å². The van der Waals surface area contributed by atoms with Crippen LogP contribution in [0.4, 0.5) is 0 Å². The van der Waals surface area contributed by atoms with Crippen molar-refractivity contribution in [2.45, 2.75) is 39.2 Å². The molecule has 0 aromatic heterocycles. The SMILES string of the molecule is Cc1ccc(C(C)(C)C)c(OCC(O)CCl)c1. The molecule has 1 atom stereocenters. The fourth-order valence-electron chi connectivity index (χ4n) is 1.60. The van der Waals surface area contributed by atoms with Crippen molar-refractivity contribution in [1.82, 2.24) is 0 Å². The van der Waals surface area contributed by atoms with E-state index < -0.39 is 6.10 Å². The highest BCUT2D eigenvalue weighted by atomic mass is 35.5. The van der Waals surface area contributed by atoms with E-state index in [-0.39, 0.29) is 17.9 Å². The van der Waals surface area contributed by atoms with Crippen LogP contribution < -0.4 is 4.74 Å². The minimum atomic E-state index is -0.620. The lowest BCUT2D eigenvalue weighted by atomic mass is 9.86. The second-order valence-electron chi connectivity index (χ2n) is 5.37. The molecule has 2 nitrogen and oxygen atoms in total. The zero-order chi connectivity index (χ0) is 13.1. The average molecular weight is 257 g/mol. The van der Waals surface area contributed by atoms with Crippen molar-refractivity contribution in [3.05, 3.63) is 29.3 Å². The van der Waals surface area contributed by atoms with Crippen LogP contribution in [0.1, 0.15) is 31.9 Å². The van der Waals surface area contributed by atoms with Gasteiger partial charge in [-0.1, -0.05) is 32.9 Å². The number of hydrogen-bond donors (Lipinski definition) is 1. The Balaban J connectivity index is 2.92. The van der Waals surface area contributed by atoms with Crippen LogP contribution in [-0.2, 0) is 5.41 Å². The van der Waals surface area contributed by atoms with Gasteiger partial charge in [-0.05, 0) is 29.5 Å². The Morgan fingerprint density at radius 1 is 1.35 bits per heavy atom. The first kappa shape index (κ1) is 14.3. The summed E-state index contributed by atoms with van der Waals surface area (Å²) >= 11 is 5.55. The Morgan fingerprint density at radius 2 is 2.00 bits per heavy atom. The van der Waals surface area contributed by atoms with E-state index in [1.807, 2.05) is 13.0 Å². The maximum Gasteiger partial charge on any atom is 0.123 e. The number of halogens is 1. The third-order valence-corrected chi connectivity index (χ3v) is 2.91. The summed E-state index contributed by atoms with van der Waals surface area (Å²) in [4.78, 5) is 0.